The van der Waals surface area contributed by atoms with Gasteiger partial charge in [-0.25, -0.2) is 13.1 Å². The summed E-state index contributed by atoms with van der Waals surface area (Å²) in [5, 5.41) is 0.998. The van der Waals surface area contributed by atoms with E-state index in [1.165, 1.54) is 0 Å². The van der Waals surface area contributed by atoms with E-state index in [0.29, 0.717) is 32.7 Å². The van der Waals surface area contributed by atoms with Crippen LogP contribution in [0.5, 0.6) is 0 Å². The molecular weight excluding hydrogens is 342 g/mol. The van der Waals surface area contributed by atoms with Gasteiger partial charge in [0, 0.05) is 30.2 Å². The van der Waals surface area contributed by atoms with Crippen LogP contribution in [0.15, 0.2) is 30.5 Å². The van der Waals surface area contributed by atoms with Gasteiger partial charge in [0.05, 0.1) is 19.0 Å². The van der Waals surface area contributed by atoms with Crippen LogP contribution in [0, 0.1) is 0 Å². The SMILES string of the molecule is CCS(=O)(=O)N[C@@H](Cc1c[nH]c2ccccc12)C(=O)N1CCOCC1. The predicted molar refractivity (Wildman–Crippen MR) is 95.8 cm³/mol. The fourth-order valence-corrected chi connectivity index (χ4v) is 3.79. The summed E-state index contributed by atoms with van der Waals surface area (Å²) in [6, 6.07) is 6.95. The van der Waals surface area contributed by atoms with Crippen molar-refractivity contribution in [2.24, 2.45) is 0 Å². The first-order chi connectivity index (χ1) is 12.0. The van der Waals surface area contributed by atoms with Gasteiger partial charge in [-0.15, -0.1) is 0 Å². The van der Waals surface area contributed by atoms with Gasteiger partial charge in [0.25, 0.3) is 0 Å². The van der Waals surface area contributed by atoms with E-state index in [9.17, 15) is 13.2 Å². The Morgan fingerprint density at radius 1 is 1.32 bits per heavy atom. The van der Waals surface area contributed by atoms with Crippen LogP contribution >= 0.6 is 0 Å². The topological polar surface area (TPSA) is 91.5 Å². The Kier molecular flexibility index (Phi) is 5.41. The molecule has 0 saturated carbocycles. The molecular formula is C17H23N3O4S. The number of amides is 1. The molecule has 7 nitrogen and oxygen atoms in total. The van der Waals surface area contributed by atoms with Gasteiger partial charge in [0.15, 0.2) is 0 Å². The fraction of sp³-hybridized carbons (Fsp3) is 0.471. The maximum Gasteiger partial charge on any atom is 0.241 e. The molecule has 136 valence electrons. The number of rotatable bonds is 6. The lowest BCUT2D eigenvalue weighted by atomic mass is 10.0. The first-order valence-corrected chi connectivity index (χ1v) is 10.1. The third kappa shape index (κ3) is 4.20. The second kappa shape index (κ2) is 7.55. The number of aromatic amines is 1. The molecule has 0 unspecified atom stereocenters. The monoisotopic (exact) mass is 365 g/mol. The molecule has 3 rings (SSSR count). The summed E-state index contributed by atoms with van der Waals surface area (Å²) in [5.74, 6) is -0.265. The van der Waals surface area contributed by atoms with Crippen LogP contribution in [-0.4, -0.2) is 62.3 Å². The van der Waals surface area contributed by atoms with Crippen LogP contribution < -0.4 is 4.72 Å². The lowest BCUT2D eigenvalue weighted by Crippen LogP contribution is -2.52. The van der Waals surface area contributed by atoms with Crippen molar-refractivity contribution in [1.29, 1.82) is 0 Å². The highest BCUT2D eigenvalue weighted by Gasteiger charge is 2.29. The third-order valence-corrected chi connectivity index (χ3v) is 5.83. The van der Waals surface area contributed by atoms with Gasteiger partial charge in [-0.05, 0) is 25.0 Å². The van der Waals surface area contributed by atoms with Gasteiger partial charge in [-0.2, -0.15) is 0 Å². The third-order valence-electron chi connectivity index (χ3n) is 4.42. The van der Waals surface area contributed by atoms with Crippen molar-refractivity contribution in [1.82, 2.24) is 14.6 Å². The van der Waals surface area contributed by atoms with Crippen molar-refractivity contribution in [3.8, 4) is 0 Å². The summed E-state index contributed by atoms with van der Waals surface area (Å²) in [6.45, 7) is 3.48. The Morgan fingerprint density at radius 3 is 2.76 bits per heavy atom. The molecule has 1 fully saturated rings. The van der Waals surface area contributed by atoms with E-state index in [-0.39, 0.29) is 11.7 Å². The summed E-state index contributed by atoms with van der Waals surface area (Å²) >= 11 is 0. The molecule has 0 aliphatic carbocycles. The summed E-state index contributed by atoms with van der Waals surface area (Å²) in [4.78, 5) is 17.7. The molecule has 2 aromatic rings. The van der Waals surface area contributed by atoms with E-state index in [1.807, 2.05) is 30.5 Å². The highest BCUT2D eigenvalue weighted by atomic mass is 32.2. The molecule has 25 heavy (non-hydrogen) atoms. The number of sulfonamides is 1. The average molecular weight is 365 g/mol. The number of H-pyrrole nitrogens is 1. The second-order valence-corrected chi connectivity index (χ2v) is 8.12. The number of hydrogen-bond donors (Lipinski definition) is 2. The van der Waals surface area contributed by atoms with Crippen molar-refractivity contribution in [3.05, 3.63) is 36.0 Å². The van der Waals surface area contributed by atoms with Gasteiger partial charge in [0.1, 0.15) is 6.04 Å². The highest BCUT2D eigenvalue weighted by Crippen LogP contribution is 2.20. The largest absolute Gasteiger partial charge is 0.378 e. The maximum absolute atomic E-state index is 12.9. The van der Waals surface area contributed by atoms with E-state index in [0.717, 1.165) is 16.5 Å². The van der Waals surface area contributed by atoms with Crippen molar-refractivity contribution in [2.45, 2.75) is 19.4 Å². The van der Waals surface area contributed by atoms with Crippen LogP contribution in [0.4, 0.5) is 0 Å². The lowest BCUT2D eigenvalue weighted by molar-refractivity contribution is -0.137. The molecule has 1 saturated heterocycles. The summed E-state index contributed by atoms with van der Waals surface area (Å²) < 4.78 is 32.0. The van der Waals surface area contributed by atoms with Crippen LogP contribution in [-0.2, 0) is 26.0 Å². The van der Waals surface area contributed by atoms with Crippen molar-refractivity contribution in [3.63, 3.8) is 0 Å². The Balaban J connectivity index is 1.86. The zero-order valence-electron chi connectivity index (χ0n) is 14.2. The number of nitrogens with one attached hydrogen (secondary N) is 2. The van der Waals surface area contributed by atoms with Crippen molar-refractivity contribution >= 4 is 26.8 Å². The number of carbonyl (C=O) groups excluding carboxylic acids is 1. The molecule has 0 bridgehead atoms. The normalized spacial score (nSPS) is 16.9. The minimum Gasteiger partial charge on any atom is -0.378 e. The molecule has 0 spiro atoms. The number of aromatic nitrogens is 1. The Bertz CT molecular complexity index is 840. The predicted octanol–water partition coefficient (Wildman–Crippen LogP) is 0.877. The fourth-order valence-electron chi connectivity index (χ4n) is 3.00. The smallest absolute Gasteiger partial charge is 0.241 e. The standard InChI is InChI=1S/C17H23N3O4S/c1-2-25(22,23)19-16(17(21)20-7-9-24-10-8-20)11-13-12-18-15-6-4-3-5-14(13)15/h3-6,12,16,18-19H,2,7-11H2,1H3/t16-/m0/s1. The number of para-hydroxylation sites is 1. The number of nitrogens with zero attached hydrogens (tertiary/aromatic N) is 1. The molecule has 1 aromatic carbocycles. The molecule has 1 aromatic heterocycles. The van der Waals surface area contributed by atoms with Gasteiger partial charge < -0.3 is 14.6 Å². The summed E-state index contributed by atoms with van der Waals surface area (Å²) in [6.07, 6.45) is 2.14. The van der Waals surface area contributed by atoms with E-state index in [1.54, 1.807) is 11.8 Å². The Morgan fingerprint density at radius 2 is 2.04 bits per heavy atom. The number of carbonyl (C=O) groups is 1. The first kappa shape index (κ1) is 17.9. The zero-order chi connectivity index (χ0) is 17.9. The number of fused-ring (bicyclic) bond motifs is 1. The molecule has 2 heterocycles. The molecule has 1 atom stereocenters. The van der Waals surface area contributed by atoms with E-state index >= 15 is 0 Å². The van der Waals surface area contributed by atoms with E-state index in [4.69, 9.17) is 4.74 Å². The second-order valence-electron chi connectivity index (χ2n) is 6.08. The number of ether oxygens (including phenoxy) is 1. The Hall–Kier alpha value is -1.90. The van der Waals surface area contributed by atoms with Crippen LogP contribution in [0.2, 0.25) is 0 Å². The van der Waals surface area contributed by atoms with Gasteiger partial charge in [0.2, 0.25) is 15.9 Å². The molecule has 1 aliphatic heterocycles. The van der Waals surface area contributed by atoms with Gasteiger partial charge in [-0.1, -0.05) is 18.2 Å². The highest BCUT2D eigenvalue weighted by molar-refractivity contribution is 7.89. The van der Waals surface area contributed by atoms with Crippen LogP contribution in [0.25, 0.3) is 10.9 Å². The van der Waals surface area contributed by atoms with Crippen LogP contribution in [0.3, 0.4) is 0 Å². The first-order valence-electron chi connectivity index (χ1n) is 8.41. The molecule has 1 aliphatic rings. The summed E-state index contributed by atoms with van der Waals surface area (Å²) in [7, 11) is -3.50. The molecule has 8 heteroatoms. The van der Waals surface area contributed by atoms with Gasteiger partial charge in [-0.3, -0.25) is 4.79 Å². The van der Waals surface area contributed by atoms with Crippen LogP contribution in [0.1, 0.15) is 12.5 Å². The number of morpholine rings is 1. The van der Waals surface area contributed by atoms with Crippen molar-refractivity contribution in [2.75, 3.05) is 32.1 Å². The van der Waals surface area contributed by atoms with E-state index in [2.05, 4.69) is 9.71 Å². The minimum atomic E-state index is -3.50. The Labute approximate surface area is 147 Å². The average Bonchev–Trinajstić information content (AvgIpc) is 3.04. The van der Waals surface area contributed by atoms with Crippen molar-refractivity contribution < 1.29 is 17.9 Å². The lowest BCUT2D eigenvalue weighted by Gasteiger charge is -2.30. The van der Waals surface area contributed by atoms with Gasteiger partial charge >= 0.3 is 0 Å². The molecule has 2 N–H and O–H groups in total. The molecule has 0 radical (unpaired) electrons. The zero-order valence-corrected chi connectivity index (χ0v) is 15.0. The minimum absolute atomic E-state index is 0.0617. The number of hydrogen-bond acceptors (Lipinski definition) is 4. The maximum atomic E-state index is 12.9. The quantitative estimate of drug-likeness (QED) is 0.795. The summed E-state index contributed by atoms with van der Waals surface area (Å²) in [5.41, 5.74) is 1.88. The molecule has 1 amide bonds. The number of benzene rings is 1. The van der Waals surface area contributed by atoms with E-state index < -0.39 is 16.1 Å².